The van der Waals surface area contributed by atoms with E-state index in [9.17, 15) is 0 Å². The molecule has 37 heavy (non-hydrogen) atoms. The van der Waals surface area contributed by atoms with Crippen LogP contribution in [0.3, 0.4) is 0 Å². The number of benzene rings is 4. The molecule has 0 radical (unpaired) electrons. The zero-order valence-electron chi connectivity index (χ0n) is 21.2. The molecule has 0 amide bonds. The van der Waals surface area contributed by atoms with E-state index in [4.69, 9.17) is 11.6 Å². The van der Waals surface area contributed by atoms with E-state index in [-0.39, 0.29) is 0 Å². The lowest BCUT2D eigenvalue weighted by atomic mass is 9.85. The van der Waals surface area contributed by atoms with Gasteiger partial charge in [0.05, 0.1) is 0 Å². The topological polar surface area (TPSA) is 12.4 Å². The molecule has 1 aliphatic heterocycles. The van der Waals surface area contributed by atoms with Crippen molar-refractivity contribution in [1.29, 1.82) is 0 Å². The van der Waals surface area contributed by atoms with Crippen LogP contribution in [0.4, 0.5) is 0 Å². The van der Waals surface area contributed by atoms with Crippen molar-refractivity contribution in [3.05, 3.63) is 133 Å². The zero-order valence-corrected chi connectivity index (χ0v) is 21.9. The van der Waals surface area contributed by atoms with Crippen LogP contribution in [0.15, 0.2) is 90.1 Å². The van der Waals surface area contributed by atoms with Gasteiger partial charge in [-0.15, -0.1) is 0 Å². The summed E-state index contributed by atoms with van der Waals surface area (Å²) in [7, 11) is 0. The minimum Gasteiger partial charge on any atom is -0.269 e. The predicted octanol–water partition coefficient (Wildman–Crippen LogP) is 7.42. The number of rotatable bonds is 1. The van der Waals surface area contributed by atoms with Crippen LogP contribution in [0, 0.1) is 10.4 Å². The lowest BCUT2D eigenvalue weighted by molar-refractivity contribution is 0.805. The van der Waals surface area contributed by atoms with Crippen molar-refractivity contribution < 1.29 is 0 Å². The highest BCUT2D eigenvalue weighted by molar-refractivity contribution is 6.33. The normalized spacial score (nSPS) is 14.7. The van der Waals surface area contributed by atoms with Gasteiger partial charge in [0.2, 0.25) is 0 Å². The Morgan fingerprint density at radius 3 is 2.43 bits per heavy atom. The highest BCUT2D eigenvalue weighted by Gasteiger charge is 2.15. The van der Waals surface area contributed by atoms with Crippen LogP contribution >= 0.6 is 11.6 Å². The average molecular weight is 500 g/mol. The van der Waals surface area contributed by atoms with E-state index in [1.807, 2.05) is 30.6 Å². The summed E-state index contributed by atoms with van der Waals surface area (Å²) in [5.41, 5.74) is 9.65. The third kappa shape index (κ3) is 4.61. The third-order valence-corrected chi connectivity index (χ3v) is 8.08. The molecule has 0 saturated carbocycles. The second-order valence-electron chi connectivity index (χ2n) is 9.96. The Hall–Kier alpha value is -3.68. The quantitative estimate of drug-likeness (QED) is 0.258. The molecule has 0 unspecified atom stereocenters. The number of hydrogen-bond donors (Lipinski definition) is 0. The summed E-state index contributed by atoms with van der Waals surface area (Å²) < 4.78 is 0. The van der Waals surface area contributed by atoms with Gasteiger partial charge in [0, 0.05) is 29.4 Å². The fourth-order valence-corrected chi connectivity index (χ4v) is 6.12. The van der Waals surface area contributed by atoms with E-state index in [1.165, 1.54) is 62.4 Å². The van der Waals surface area contributed by atoms with Gasteiger partial charge in [0.1, 0.15) is 0 Å². The van der Waals surface area contributed by atoms with Crippen LogP contribution in [-0.2, 0) is 19.3 Å². The molecule has 4 aromatic rings. The Morgan fingerprint density at radius 1 is 0.703 bits per heavy atom. The zero-order chi connectivity index (χ0) is 25.2. The molecular weight excluding hydrogens is 470 g/mol. The van der Waals surface area contributed by atoms with Gasteiger partial charge in [0.15, 0.2) is 0 Å². The molecule has 2 heteroatoms. The van der Waals surface area contributed by atoms with E-state index in [1.54, 1.807) is 11.1 Å². The molecule has 7 rings (SSSR count). The van der Waals surface area contributed by atoms with E-state index in [0.29, 0.717) is 0 Å². The molecule has 2 aliphatic carbocycles. The Labute approximate surface area is 223 Å². The summed E-state index contributed by atoms with van der Waals surface area (Å²) in [4.78, 5) is 4.08. The Kier molecular flexibility index (Phi) is 6.64. The Balaban J connectivity index is 0.000000191. The molecule has 1 nitrogen and oxygen atoms in total. The third-order valence-electron chi connectivity index (χ3n) is 7.75. The molecule has 0 bridgehead atoms. The van der Waals surface area contributed by atoms with Gasteiger partial charge in [-0.3, -0.25) is 4.99 Å². The van der Waals surface area contributed by atoms with Crippen molar-refractivity contribution in [2.24, 2.45) is 4.99 Å². The van der Waals surface area contributed by atoms with Crippen molar-refractivity contribution in [3.8, 4) is 11.1 Å². The first-order valence-electron chi connectivity index (χ1n) is 13.2. The molecule has 0 N–H and O–H groups in total. The van der Waals surface area contributed by atoms with Crippen LogP contribution in [0.2, 0.25) is 5.02 Å². The van der Waals surface area contributed by atoms with Crippen LogP contribution in [0.25, 0.3) is 28.9 Å². The van der Waals surface area contributed by atoms with Crippen LogP contribution < -0.4 is 10.4 Å². The molecule has 0 spiro atoms. The Morgan fingerprint density at radius 2 is 1.51 bits per heavy atom. The van der Waals surface area contributed by atoms with Crippen molar-refractivity contribution in [1.82, 2.24) is 0 Å². The van der Waals surface area contributed by atoms with Gasteiger partial charge in [-0.1, -0.05) is 96.0 Å². The average Bonchev–Trinajstić information content (AvgIpc) is 3.19. The number of halogens is 1. The van der Waals surface area contributed by atoms with Crippen LogP contribution in [0.1, 0.15) is 42.0 Å². The molecule has 182 valence electrons. The fourth-order valence-electron chi connectivity index (χ4n) is 5.89. The van der Waals surface area contributed by atoms with Gasteiger partial charge in [-0.25, -0.2) is 0 Å². The molecule has 0 aromatic heterocycles. The van der Waals surface area contributed by atoms with Crippen molar-refractivity contribution in [3.63, 3.8) is 0 Å². The summed E-state index contributed by atoms with van der Waals surface area (Å²) in [5.74, 6) is 0. The minimum absolute atomic E-state index is 0.816. The number of aliphatic imine (C=N–C) groups is 1. The highest BCUT2D eigenvalue weighted by atomic mass is 35.5. The summed E-state index contributed by atoms with van der Waals surface area (Å²) in [6, 6.07) is 27.8. The van der Waals surface area contributed by atoms with Crippen molar-refractivity contribution in [2.45, 2.75) is 39.0 Å². The highest BCUT2D eigenvalue weighted by Crippen LogP contribution is 2.27. The standard InChI is InChI=1S/C25H21Cl.C10H9N/c1-16-6-4-8-18-17(16)12-13-23-19-9-5-10-20(22(19)15-14-21(18)23)24-7-2-3-11-25(24)26;1-2-4-10-6-8-11-7-5-9(10)3-1/h2-3,5,7,9-13,15H,4,6,8,14H2,1H3;1-5,7-8H,6H2. The second kappa shape index (κ2) is 10.4. The number of fused-ring (bicyclic) bond motifs is 5. The molecule has 0 atom stereocenters. The minimum atomic E-state index is 0.816. The first kappa shape index (κ1) is 23.7. The summed E-state index contributed by atoms with van der Waals surface area (Å²) in [6.07, 6.45) is 13.9. The maximum Gasteiger partial charge on any atom is 0.0484 e. The summed E-state index contributed by atoms with van der Waals surface area (Å²) >= 11 is 6.50. The monoisotopic (exact) mass is 499 g/mol. The van der Waals surface area contributed by atoms with E-state index in [2.05, 4.69) is 84.7 Å². The smallest absolute Gasteiger partial charge is 0.0484 e. The maximum atomic E-state index is 6.50. The number of hydrogen-bond acceptors (Lipinski definition) is 1. The van der Waals surface area contributed by atoms with Gasteiger partial charge >= 0.3 is 0 Å². The van der Waals surface area contributed by atoms with Gasteiger partial charge < -0.3 is 0 Å². The number of nitrogens with zero attached hydrogens (tertiary/aromatic N) is 1. The lowest BCUT2D eigenvalue weighted by Gasteiger charge is -2.19. The molecule has 0 fully saturated rings. The van der Waals surface area contributed by atoms with Gasteiger partial charge in [-0.2, -0.15) is 0 Å². The van der Waals surface area contributed by atoms with Gasteiger partial charge in [0.25, 0.3) is 0 Å². The van der Waals surface area contributed by atoms with E-state index >= 15 is 0 Å². The molecule has 0 saturated heterocycles. The van der Waals surface area contributed by atoms with E-state index < -0.39 is 0 Å². The molecule has 3 aliphatic rings. The predicted molar refractivity (Wildman–Crippen MR) is 158 cm³/mol. The second-order valence-corrected chi connectivity index (χ2v) is 10.4. The molecular formula is C35H30ClN. The van der Waals surface area contributed by atoms with Gasteiger partial charge in [-0.05, 0) is 93.4 Å². The van der Waals surface area contributed by atoms with E-state index in [0.717, 1.165) is 23.4 Å². The molecule has 1 heterocycles. The summed E-state index contributed by atoms with van der Waals surface area (Å²) in [6.45, 7) is 2.29. The Bertz CT molecular complexity index is 1780. The van der Waals surface area contributed by atoms with Crippen LogP contribution in [0.5, 0.6) is 0 Å². The SMILES string of the molecule is C1=Cc2ccccc2CC=N1.CC1=c2ccc3c(c2CCC1)CC=c1c(-c2ccccc2Cl)cccc1=3. The first-order valence-corrected chi connectivity index (χ1v) is 13.5. The lowest BCUT2D eigenvalue weighted by Crippen LogP contribution is -2.22. The fraction of sp³-hybridized carbons (Fsp3) is 0.171. The first-order chi connectivity index (χ1) is 18.2. The molecule has 4 aromatic carbocycles. The summed E-state index contributed by atoms with van der Waals surface area (Å²) in [5, 5.41) is 6.38. The van der Waals surface area contributed by atoms with Crippen molar-refractivity contribution >= 4 is 35.5 Å². The maximum absolute atomic E-state index is 6.50. The van der Waals surface area contributed by atoms with Crippen LogP contribution in [-0.4, -0.2) is 6.21 Å². The largest absolute Gasteiger partial charge is 0.269 e. The van der Waals surface area contributed by atoms with Crippen molar-refractivity contribution in [2.75, 3.05) is 0 Å².